The fourth-order valence-electron chi connectivity index (χ4n) is 2.51. The molecule has 4 rings (SSSR count). The van der Waals surface area contributed by atoms with Crippen molar-refractivity contribution in [2.24, 2.45) is 0 Å². The third-order valence-electron chi connectivity index (χ3n) is 4.07. The van der Waals surface area contributed by atoms with E-state index < -0.39 is 0 Å². The summed E-state index contributed by atoms with van der Waals surface area (Å²) in [6, 6.07) is 1.78. The van der Waals surface area contributed by atoms with E-state index in [1.54, 1.807) is 18.5 Å². The molecule has 3 heterocycles. The van der Waals surface area contributed by atoms with Gasteiger partial charge >= 0.3 is 0 Å². The Morgan fingerprint density at radius 2 is 2.24 bits per heavy atom. The monoisotopic (exact) mass is 376 g/mol. The van der Waals surface area contributed by atoms with Crippen molar-refractivity contribution in [3.63, 3.8) is 0 Å². The lowest BCUT2D eigenvalue weighted by molar-refractivity contribution is 0.278. The number of nitrogens with zero attached hydrogens (tertiary/aromatic N) is 5. The molecule has 1 aliphatic carbocycles. The summed E-state index contributed by atoms with van der Waals surface area (Å²) in [5.74, 6) is 0.484. The molecule has 0 aliphatic heterocycles. The third-order valence-corrected chi connectivity index (χ3v) is 5.31. The Morgan fingerprint density at radius 3 is 2.96 bits per heavy atom. The molecule has 0 amide bonds. The summed E-state index contributed by atoms with van der Waals surface area (Å²) in [4.78, 5) is 8.81. The minimum atomic E-state index is -0.118. The second kappa shape index (κ2) is 6.36. The van der Waals surface area contributed by atoms with Gasteiger partial charge in [-0.25, -0.2) is 9.97 Å². The fraction of sp³-hybridized carbons (Fsp3) is 0.375. The molecule has 130 valence electrons. The minimum absolute atomic E-state index is 0.0839. The van der Waals surface area contributed by atoms with Crippen LogP contribution in [0.3, 0.4) is 0 Å². The summed E-state index contributed by atoms with van der Waals surface area (Å²) in [6.07, 6.45) is 7.63. The van der Waals surface area contributed by atoms with Crippen LogP contribution in [0.2, 0.25) is 0 Å². The van der Waals surface area contributed by atoms with E-state index in [1.807, 2.05) is 17.8 Å². The van der Waals surface area contributed by atoms with Gasteiger partial charge in [0.15, 0.2) is 0 Å². The summed E-state index contributed by atoms with van der Waals surface area (Å²) in [6.45, 7) is 2.60. The maximum Gasteiger partial charge on any atom is 0.228 e. The molecule has 0 saturated heterocycles. The van der Waals surface area contributed by atoms with Crippen LogP contribution < -0.4 is 5.32 Å². The quantitative estimate of drug-likeness (QED) is 0.642. The topological polar surface area (TPSA) is 88.8 Å². The van der Waals surface area contributed by atoms with Crippen LogP contribution in [0.5, 0.6) is 0 Å². The van der Waals surface area contributed by atoms with Crippen LogP contribution >= 0.6 is 23.1 Å². The van der Waals surface area contributed by atoms with E-state index in [4.69, 9.17) is 16.7 Å². The summed E-state index contributed by atoms with van der Waals surface area (Å²) in [5.41, 5.74) is 3.35. The summed E-state index contributed by atoms with van der Waals surface area (Å²) >= 11 is 7.64. The first-order chi connectivity index (χ1) is 12.0. The van der Waals surface area contributed by atoms with Gasteiger partial charge in [0, 0.05) is 18.0 Å². The number of nitrogens with one attached hydrogen (secondary N) is 1. The highest BCUT2D eigenvalue weighted by Gasteiger charge is 2.41. The first-order valence-electron chi connectivity index (χ1n) is 7.93. The Balaban J connectivity index is 1.56. The van der Waals surface area contributed by atoms with Crippen LogP contribution in [0, 0.1) is 6.92 Å². The molecule has 1 fully saturated rings. The number of aliphatic hydroxyl groups excluding tert-OH is 1. The van der Waals surface area contributed by atoms with Crippen LogP contribution in [-0.4, -0.2) is 34.1 Å². The van der Waals surface area contributed by atoms with Crippen LogP contribution in [0.15, 0.2) is 24.7 Å². The second-order valence-electron chi connectivity index (χ2n) is 6.27. The third kappa shape index (κ3) is 3.65. The van der Waals surface area contributed by atoms with E-state index >= 15 is 0 Å². The number of halogens is 1. The predicted octanol–water partition coefficient (Wildman–Crippen LogP) is 3.11. The second-order valence-corrected chi connectivity index (χ2v) is 7.88. The highest BCUT2D eigenvalue weighted by atomic mass is 35.5. The van der Waals surface area contributed by atoms with Crippen LogP contribution in [-0.2, 0) is 13.2 Å². The van der Waals surface area contributed by atoms with Crippen molar-refractivity contribution < 1.29 is 5.11 Å². The van der Waals surface area contributed by atoms with Gasteiger partial charge in [0.05, 0.1) is 35.6 Å². The normalized spacial score (nSPS) is 15.3. The molecule has 9 heteroatoms. The number of anilines is 2. The predicted molar refractivity (Wildman–Crippen MR) is 97.1 cm³/mol. The van der Waals surface area contributed by atoms with Crippen molar-refractivity contribution >= 4 is 34.1 Å². The molecule has 1 aliphatic rings. The van der Waals surface area contributed by atoms with Crippen LogP contribution in [0.25, 0.3) is 11.3 Å². The van der Waals surface area contributed by atoms with Gasteiger partial charge in [-0.05, 0) is 42.9 Å². The average molecular weight is 377 g/mol. The summed E-state index contributed by atoms with van der Waals surface area (Å²) < 4.78 is 6.00. The SMILES string of the molecule is Cc1cnc(Nc2cc(CO)ns2)nc1-c1cnn(CC2(Cl)CC2)c1. The smallest absolute Gasteiger partial charge is 0.228 e. The molecule has 2 N–H and O–H groups in total. The number of alkyl halides is 1. The van der Waals surface area contributed by atoms with Gasteiger partial charge in [0.25, 0.3) is 0 Å². The average Bonchev–Trinajstić information content (AvgIpc) is 3.01. The number of hydrogen-bond acceptors (Lipinski definition) is 7. The van der Waals surface area contributed by atoms with E-state index in [9.17, 15) is 0 Å². The van der Waals surface area contributed by atoms with Gasteiger partial charge in [-0.2, -0.15) is 9.47 Å². The molecule has 0 atom stereocenters. The molecule has 7 nitrogen and oxygen atoms in total. The number of aliphatic hydroxyl groups is 1. The molecule has 0 radical (unpaired) electrons. The molecular weight excluding hydrogens is 360 g/mol. The van der Waals surface area contributed by atoms with Gasteiger partial charge in [-0.15, -0.1) is 11.6 Å². The lowest BCUT2D eigenvalue weighted by atomic mass is 10.1. The van der Waals surface area contributed by atoms with Gasteiger partial charge in [0.1, 0.15) is 5.00 Å². The zero-order valence-electron chi connectivity index (χ0n) is 13.6. The molecule has 1 saturated carbocycles. The Kier molecular flexibility index (Phi) is 4.18. The highest BCUT2D eigenvalue weighted by Crippen LogP contribution is 2.43. The van der Waals surface area contributed by atoms with Gasteiger partial charge in [0.2, 0.25) is 5.95 Å². The largest absolute Gasteiger partial charge is 0.390 e. The zero-order valence-corrected chi connectivity index (χ0v) is 15.2. The first-order valence-corrected chi connectivity index (χ1v) is 9.09. The van der Waals surface area contributed by atoms with E-state index in [-0.39, 0.29) is 11.5 Å². The molecule has 0 spiro atoms. The molecule has 25 heavy (non-hydrogen) atoms. The van der Waals surface area contributed by atoms with Gasteiger partial charge in [-0.3, -0.25) is 4.68 Å². The van der Waals surface area contributed by atoms with Crippen molar-refractivity contribution in [1.82, 2.24) is 24.1 Å². The van der Waals surface area contributed by atoms with E-state index in [0.29, 0.717) is 18.2 Å². The molecule has 0 bridgehead atoms. The number of aryl methyl sites for hydroxylation is 1. The van der Waals surface area contributed by atoms with E-state index in [2.05, 4.69) is 24.8 Å². The minimum Gasteiger partial charge on any atom is -0.390 e. The van der Waals surface area contributed by atoms with E-state index in [0.717, 1.165) is 34.7 Å². The maximum absolute atomic E-state index is 9.10. The molecular formula is C16H17ClN6OS. The van der Waals surface area contributed by atoms with Gasteiger partial charge in [-0.1, -0.05) is 0 Å². The Hall–Kier alpha value is -2.03. The molecule has 0 aromatic carbocycles. The lowest BCUT2D eigenvalue weighted by Gasteiger charge is -2.07. The van der Waals surface area contributed by atoms with Crippen molar-refractivity contribution in [1.29, 1.82) is 0 Å². The van der Waals surface area contributed by atoms with Crippen LogP contribution in [0.1, 0.15) is 24.1 Å². The Bertz CT molecular complexity index is 904. The maximum atomic E-state index is 9.10. The standard InChI is InChI=1S/C16H17ClN6OS/c1-10-5-18-15(20-13-4-12(8-24)22-25-13)21-14(10)11-6-19-23(7-11)9-16(17)2-3-16/h4-7,24H,2-3,8-9H2,1H3,(H,18,20,21). The van der Waals surface area contributed by atoms with E-state index in [1.165, 1.54) is 11.5 Å². The van der Waals surface area contributed by atoms with Crippen LogP contribution in [0.4, 0.5) is 10.9 Å². The number of rotatable bonds is 6. The molecule has 3 aromatic heterocycles. The Labute approximate surface area is 153 Å². The highest BCUT2D eigenvalue weighted by molar-refractivity contribution is 7.10. The van der Waals surface area contributed by atoms with Gasteiger partial charge < -0.3 is 10.4 Å². The lowest BCUT2D eigenvalue weighted by Crippen LogP contribution is -2.11. The number of hydrogen-bond donors (Lipinski definition) is 2. The zero-order chi connectivity index (χ0) is 17.4. The molecule has 0 unspecified atom stereocenters. The first kappa shape index (κ1) is 16.4. The Morgan fingerprint density at radius 1 is 1.40 bits per heavy atom. The summed E-state index contributed by atoms with van der Waals surface area (Å²) in [5, 5.41) is 17.4. The molecule has 3 aromatic rings. The van der Waals surface area contributed by atoms with Crippen molar-refractivity contribution in [3.05, 3.63) is 35.9 Å². The summed E-state index contributed by atoms with van der Waals surface area (Å²) in [7, 11) is 0. The fourth-order valence-corrected chi connectivity index (χ4v) is 3.38. The van der Waals surface area contributed by atoms with Crippen molar-refractivity contribution in [2.75, 3.05) is 5.32 Å². The van der Waals surface area contributed by atoms with Crippen molar-refractivity contribution in [2.45, 2.75) is 37.8 Å². The number of aromatic nitrogens is 5. The van der Waals surface area contributed by atoms with Crippen molar-refractivity contribution in [3.8, 4) is 11.3 Å².